The number of carbonyl (C=O) groups excluding carboxylic acids is 2. The van der Waals surface area contributed by atoms with Crippen molar-refractivity contribution < 1.29 is 14.0 Å². The number of Topliss-reactive ketones (excluding diaryl/α,β-unsaturated/α-hetero) is 1. The summed E-state index contributed by atoms with van der Waals surface area (Å²) in [6, 6.07) is 15.7. The quantitative estimate of drug-likeness (QED) is 0.688. The number of hydrogen-bond acceptors (Lipinski definition) is 3. The normalized spacial score (nSPS) is 15.4. The highest BCUT2D eigenvalue weighted by molar-refractivity contribution is 5.96. The molecule has 0 bridgehead atoms. The lowest BCUT2D eigenvalue weighted by atomic mass is 10.0. The van der Waals surface area contributed by atoms with E-state index in [1.165, 1.54) is 12.1 Å². The molecular formula is C23H27FN2O2. The zero-order chi connectivity index (χ0) is 19.9. The summed E-state index contributed by atoms with van der Waals surface area (Å²) in [4.78, 5) is 28.9. The average molecular weight is 382 g/mol. The first-order chi connectivity index (χ1) is 13.5. The van der Waals surface area contributed by atoms with Crippen molar-refractivity contribution in [1.29, 1.82) is 0 Å². The van der Waals surface area contributed by atoms with Gasteiger partial charge in [0.25, 0.3) is 0 Å². The maximum Gasteiger partial charge on any atom is 0.226 e. The van der Waals surface area contributed by atoms with Crippen LogP contribution in [0, 0.1) is 5.82 Å². The number of hydrogen-bond donors (Lipinski definition) is 0. The summed E-state index contributed by atoms with van der Waals surface area (Å²) in [5.74, 6) is -0.0543. The van der Waals surface area contributed by atoms with Crippen LogP contribution in [-0.4, -0.2) is 54.2 Å². The summed E-state index contributed by atoms with van der Waals surface area (Å²) in [6.45, 7) is 2.54. The summed E-state index contributed by atoms with van der Waals surface area (Å²) in [5, 5.41) is 0. The Labute approximate surface area is 166 Å². The van der Waals surface area contributed by atoms with Crippen LogP contribution >= 0.6 is 0 Å². The van der Waals surface area contributed by atoms with Gasteiger partial charge < -0.3 is 9.80 Å². The summed E-state index contributed by atoms with van der Waals surface area (Å²) < 4.78 is 13.0. The van der Waals surface area contributed by atoms with E-state index in [0.29, 0.717) is 12.8 Å². The maximum atomic E-state index is 13.0. The molecule has 0 aliphatic carbocycles. The third kappa shape index (κ3) is 5.49. The number of amides is 1. The van der Waals surface area contributed by atoms with Crippen molar-refractivity contribution in [1.82, 2.24) is 9.80 Å². The van der Waals surface area contributed by atoms with Crippen LogP contribution < -0.4 is 0 Å². The lowest BCUT2D eigenvalue weighted by Gasteiger charge is -2.36. The van der Waals surface area contributed by atoms with Crippen LogP contribution in [0.4, 0.5) is 4.39 Å². The molecule has 3 rings (SSSR count). The molecule has 2 aromatic carbocycles. The molecule has 1 heterocycles. The second-order valence-electron chi connectivity index (χ2n) is 7.42. The minimum atomic E-state index is -0.289. The van der Waals surface area contributed by atoms with Gasteiger partial charge in [-0.1, -0.05) is 42.5 Å². The molecule has 0 aromatic heterocycles. The van der Waals surface area contributed by atoms with E-state index in [9.17, 15) is 14.0 Å². The Hall–Kier alpha value is -2.53. The molecular weight excluding hydrogens is 355 g/mol. The number of nitrogens with zero attached hydrogens (tertiary/aromatic N) is 2. The number of ketones is 1. The fourth-order valence-corrected chi connectivity index (χ4v) is 3.66. The standard InChI is InChI=1S/C23H27FN2O2/c1-25(23(28)17-18-7-9-20(24)10-8-18)21-11-14-26(15-12-21)16-13-22(27)19-5-3-2-4-6-19/h2-10,21H,11-17H2,1H3. The lowest BCUT2D eigenvalue weighted by Crippen LogP contribution is -2.46. The molecule has 1 fully saturated rings. The second kappa shape index (κ2) is 9.60. The fourth-order valence-electron chi connectivity index (χ4n) is 3.66. The Morgan fingerprint density at radius 3 is 2.32 bits per heavy atom. The number of carbonyl (C=O) groups is 2. The fraction of sp³-hybridized carbons (Fsp3) is 0.391. The minimum Gasteiger partial charge on any atom is -0.342 e. The molecule has 148 valence electrons. The summed E-state index contributed by atoms with van der Waals surface area (Å²) in [5.41, 5.74) is 1.60. The van der Waals surface area contributed by atoms with Crippen molar-refractivity contribution in [3.8, 4) is 0 Å². The average Bonchev–Trinajstić information content (AvgIpc) is 2.74. The van der Waals surface area contributed by atoms with E-state index >= 15 is 0 Å². The van der Waals surface area contributed by atoms with Gasteiger partial charge >= 0.3 is 0 Å². The van der Waals surface area contributed by atoms with Gasteiger partial charge in [-0.25, -0.2) is 4.39 Å². The minimum absolute atomic E-state index is 0.0595. The molecule has 0 N–H and O–H groups in total. The number of rotatable bonds is 7. The second-order valence-corrected chi connectivity index (χ2v) is 7.42. The molecule has 0 radical (unpaired) electrons. The number of likely N-dealkylation sites (tertiary alicyclic amines) is 1. The Morgan fingerprint density at radius 1 is 1.04 bits per heavy atom. The van der Waals surface area contributed by atoms with Gasteiger partial charge in [0.05, 0.1) is 6.42 Å². The molecule has 4 nitrogen and oxygen atoms in total. The molecule has 0 spiro atoms. The monoisotopic (exact) mass is 382 g/mol. The highest BCUT2D eigenvalue weighted by Gasteiger charge is 2.25. The molecule has 1 amide bonds. The largest absolute Gasteiger partial charge is 0.342 e. The molecule has 28 heavy (non-hydrogen) atoms. The van der Waals surface area contributed by atoms with Gasteiger partial charge in [-0.15, -0.1) is 0 Å². The summed E-state index contributed by atoms with van der Waals surface area (Å²) in [6.07, 6.45) is 2.63. The SMILES string of the molecule is CN(C(=O)Cc1ccc(F)cc1)C1CCN(CCC(=O)c2ccccc2)CC1. The molecule has 0 unspecified atom stereocenters. The highest BCUT2D eigenvalue weighted by atomic mass is 19.1. The van der Waals surface area contributed by atoms with Gasteiger partial charge in [-0.05, 0) is 30.5 Å². The predicted octanol–water partition coefficient (Wildman–Crippen LogP) is 3.56. The van der Waals surface area contributed by atoms with Crippen LogP contribution in [-0.2, 0) is 11.2 Å². The molecule has 2 aromatic rings. The van der Waals surface area contributed by atoms with E-state index in [1.807, 2.05) is 42.3 Å². The van der Waals surface area contributed by atoms with Crippen molar-refractivity contribution in [2.45, 2.75) is 31.7 Å². The molecule has 1 aliphatic heterocycles. The van der Waals surface area contributed by atoms with Crippen LogP contribution in [0.1, 0.15) is 35.2 Å². The Bertz CT molecular complexity index is 784. The number of likely N-dealkylation sites (N-methyl/N-ethyl adjacent to an activating group) is 1. The van der Waals surface area contributed by atoms with E-state index in [-0.39, 0.29) is 23.5 Å². The topological polar surface area (TPSA) is 40.6 Å². The first kappa shape index (κ1) is 20.2. The van der Waals surface area contributed by atoms with Crippen molar-refractivity contribution in [2.75, 3.05) is 26.7 Å². The van der Waals surface area contributed by atoms with Crippen molar-refractivity contribution in [2.24, 2.45) is 0 Å². The Kier molecular flexibility index (Phi) is 6.93. The van der Waals surface area contributed by atoms with Gasteiger partial charge in [-0.2, -0.15) is 0 Å². The smallest absolute Gasteiger partial charge is 0.226 e. The molecule has 0 saturated carbocycles. The highest BCUT2D eigenvalue weighted by Crippen LogP contribution is 2.17. The van der Waals surface area contributed by atoms with Crippen LogP contribution in [0.15, 0.2) is 54.6 Å². The first-order valence-corrected chi connectivity index (χ1v) is 9.83. The van der Waals surface area contributed by atoms with Gasteiger partial charge in [0, 0.05) is 44.7 Å². The predicted molar refractivity (Wildman–Crippen MR) is 108 cm³/mol. The molecule has 5 heteroatoms. The Morgan fingerprint density at radius 2 is 1.68 bits per heavy atom. The van der Waals surface area contributed by atoms with E-state index in [0.717, 1.165) is 43.6 Å². The van der Waals surface area contributed by atoms with Crippen molar-refractivity contribution in [3.05, 3.63) is 71.5 Å². The zero-order valence-corrected chi connectivity index (χ0v) is 16.3. The molecule has 1 aliphatic rings. The van der Waals surface area contributed by atoms with Crippen molar-refractivity contribution in [3.63, 3.8) is 0 Å². The van der Waals surface area contributed by atoms with Crippen LogP contribution in [0.25, 0.3) is 0 Å². The summed E-state index contributed by atoms with van der Waals surface area (Å²) >= 11 is 0. The van der Waals surface area contributed by atoms with Crippen LogP contribution in [0.5, 0.6) is 0 Å². The zero-order valence-electron chi connectivity index (χ0n) is 16.3. The number of benzene rings is 2. The van der Waals surface area contributed by atoms with Crippen LogP contribution in [0.3, 0.4) is 0 Å². The number of piperidine rings is 1. The Balaban J connectivity index is 1.42. The molecule has 0 atom stereocenters. The van der Waals surface area contributed by atoms with Gasteiger partial charge in [0.2, 0.25) is 5.91 Å². The third-order valence-electron chi connectivity index (χ3n) is 5.52. The van der Waals surface area contributed by atoms with E-state index in [1.54, 1.807) is 12.1 Å². The van der Waals surface area contributed by atoms with Gasteiger partial charge in [-0.3, -0.25) is 9.59 Å². The summed E-state index contributed by atoms with van der Waals surface area (Å²) in [7, 11) is 1.85. The molecule has 1 saturated heterocycles. The van der Waals surface area contributed by atoms with Crippen molar-refractivity contribution >= 4 is 11.7 Å². The van der Waals surface area contributed by atoms with E-state index in [2.05, 4.69) is 4.90 Å². The van der Waals surface area contributed by atoms with Gasteiger partial charge in [0.15, 0.2) is 5.78 Å². The maximum absolute atomic E-state index is 13.0. The van der Waals surface area contributed by atoms with E-state index in [4.69, 9.17) is 0 Å². The third-order valence-corrected chi connectivity index (χ3v) is 5.52. The first-order valence-electron chi connectivity index (χ1n) is 9.83. The van der Waals surface area contributed by atoms with E-state index < -0.39 is 0 Å². The lowest BCUT2D eigenvalue weighted by molar-refractivity contribution is -0.132. The van der Waals surface area contributed by atoms with Crippen LogP contribution in [0.2, 0.25) is 0 Å². The number of halogens is 1. The van der Waals surface area contributed by atoms with Gasteiger partial charge in [0.1, 0.15) is 5.82 Å².